The van der Waals surface area contributed by atoms with Gasteiger partial charge in [-0.2, -0.15) is 5.10 Å². The van der Waals surface area contributed by atoms with E-state index in [-0.39, 0.29) is 24.2 Å². The largest absolute Gasteiger partial charge is 0.496 e. The monoisotopic (exact) mass is 328 g/mol. The molecule has 2 amide bonds. The van der Waals surface area contributed by atoms with Crippen LogP contribution in [0.15, 0.2) is 47.7 Å². The van der Waals surface area contributed by atoms with Crippen LogP contribution in [0.1, 0.15) is 18.4 Å². The fourth-order valence-corrected chi connectivity index (χ4v) is 2.21. The van der Waals surface area contributed by atoms with Gasteiger partial charge in [0.2, 0.25) is 11.8 Å². The minimum absolute atomic E-state index is 0.170. The van der Waals surface area contributed by atoms with Crippen LogP contribution in [0, 0.1) is 5.92 Å². The number of allylic oxidation sites excluding steroid dienone is 1. The van der Waals surface area contributed by atoms with Crippen molar-refractivity contribution in [3.8, 4) is 5.75 Å². The van der Waals surface area contributed by atoms with Crippen molar-refractivity contribution in [3.63, 3.8) is 0 Å². The lowest BCUT2D eigenvalue weighted by Gasteiger charge is -2.05. The van der Waals surface area contributed by atoms with Gasteiger partial charge < -0.3 is 10.2 Å². The predicted molar refractivity (Wildman–Crippen MR) is 91.8 cm³/mol. The number of hydrogen-bond acceptors (Lipinski definition) is 5. The first-order chi connectivity index (χ1) is 11.6. The molecular weight excluding hydrogens is 308 g/mol. The van der Waals surface area contributed by atoms with Crippen LogP contribution in [0.4, 0.5) is 0 Å². The molecule has 1 aliphatic heterocycles. The van der Waals surface area contributed by atoms with Gasteiger partial charge in [0, 0.05) is 23.9 Å². The van der Waals surface area contributed by atoms with Crippen LogP contribution in [0.5, 0.6) is 5.75 Å². The standard InChI is InChI=1S/C17H20N4O3/c1-12-14(17(23)21-19-12)9-10-16(22)20-18-11-5-7-13-6-3-4-8-15(13)24-2/h3-8,11,14,19H,1,9-10H2,2H3,(H,20,22)(H,21,23). The lowest BCUT2D eigenvalue weighted by molar-refractivity contribution is -0.123. The quantitative estimate of drug-likeness (QED) is 0.520. The van der Waals surface area contributed by atoms with Crippen LogP contribution >= 0.6 is 0 Å². The summed E-state index contributed by atoms with van der Waals surface area (Å²) in [6, 6.07) is 7.57. The Morgan fingerprint density at radius 3 is 2.92 bits per heavy atom. The highest BCUT2D eigenvalue weighted by Gasteiger charge is 2.27. The van der Waals surface area contributed by atoms with Crippen LogP contribution < -0.4 is 21.0 Å². The fourth-order valence-electron chi connectivity index (χ4n) is 2.21. The Hall–Kier alpha value is -3.09. The Morgan fingerprint density at radius 2 is 2.21 bits per heavy atom. The summed E-state index contributed by atoms with van der Waals surface area (Å²) < 4.78 is 5.23. The molecule has 1 aromatic carbocycles. The molecule has 24 heavy (non-hydrogen) atoms. The van der Waals surface area contributed by atoms with Crippen molar-refractivity contribution in [1.29, 1.82) is 0 Å². The van der Waals surface area contributed by atoms with Crippen LogP contribution in [0.25, 0.3) is 6.08 Å². The Balaban J connectivity index is 1.75. The van der Waals surface area contributed by atoms with E-state index >= 15 is 0 Å². The first-order valence-electron chi connectivity index (χ1n) is 7.48. The Bertz CT molecular complexity index is 666. The number of hydrogen-bond donors (Lipinski definition) is 3. The number of rotatable bonds is 7. The van der Waals surface area contributed by atoms with Crippen molar-refractivity contribution >= 4 is 24.1 Å². The zero-order valence-corrected chi connectivity index (χ0v) is 13.4. The maximum absolute atomic E-state index is 11.7. The van der Waals surface area contributed by atoms with Crippen molar-refractivity contribution < 1.29 is 14.3 Å². The fraction of sp³-hybridized carbons (Fsp3) is 0.235. The highest BCUT2D eigenvalue weighted by molar-refractivity contribution is 5.85. The molecule has 0 saturated carbocycles. The lowest BCUT2D eigenvalue weighted by atomic mass is 10.0. The zero-order valence-electron chi connectivity index (χ0n) is 13.4. The highest BCUT2D eigenvalue weighted by Crippen LogP contribution is 2.18. The molecule has 1 heterocycles. The van der Waals surface area contributed by atoms with Crippen molar-refractivity contribution in [3.05, 3.63) is 48.2 Å². The number of methoxy groups -OCH3 is 1. The number of amides is 2. The first-order valence-corrected chi connectivity index (χ1v) is 7.48. The van der Waals surface area contributed by atoms with Crippen LogP contribution in [-0.2, 0) is 9.59 Å². The summed E-state index contributed by atoms with van der Waals surface area (Å²) in [5.41, 5.74) is 9.02. The number of nitrogens with zero attached hydrogens (tertiary/aromatic N) is 1. The second-order valence-electron chi connectivity index (χ2n) is 5.14. The smallest absolute Gasteiger partial charge is 0.247 e. The topological polar surface area (TPSA) is 91.8 Å². The van der Waals surface area contributed by atoms with Gasteiger partial charge >= 0.3 is 0 Å². The maximum atomic E-state index is 11.7. The van der Waals surface area contributed by atoms with E-state index in [1.807, 2.05) is 30.3 Å². The molecule has 1 aromatic rings. The molecule has 0 bridgehead atoms. The van der Waals surface area contributed by atoms with Gasteiger partial charge in [-0.25, -0.2) is 5.43 Å². The van der Waals surface area contributed by atoms with E-state index in [9.17, 15) is 9.59 Å². The summed E-state index contributed by atoms with van der Waals surface area (Å²) in [6.45, 7) is 3.72. The van der Waals surface area contributed by atoms with E-state index in [0.717, 1.165) is 11.3 Å². The zero-order chi connectivity index (χ0) is 17.4. The normalized spacial score (nSPS) is 17.1. The molecule has 1 unspecified atom stereocenters. The average Bonchev–Trinajstić information content (AvgIpc) is 2.91. The number of carbonyl (C=O) groups is 2. The SMILES string of the molecule is C=C1NNC(=O)C1CCC(=O)NN=CC=Cc1ccccc1OC. The molecule has 1 fully saturated rings. The Kier molecular flexibility index (Phi) is 6.13. The summed E-state index contributed by atoms with van der Waals surface area (Å²) >= 11 is 0. The van der Waals surface area contributed by atoms with E-state index in [2.05, 4.69) is 28.0 Å². The number of nitrogens with one attached hydrogen (secondary N) is 3. The average molecular weight is 328 g/mol. The highest BCUT2D eigenvalue weighted by atomic mass is 16.5. The van der Waals surface area contributed by atoms with Gasteiger partial charge in [-0.15, -0.1) is 0 Å². The van der Waals surface area contributed by atoms with E-state index in [0.29, 0.717) is 12.1 Å². The third-order valence-corrected chi connectivity index (χ3v) is 3.51. The van der Waals surface area contributed by atoms with Crippen LogP contribution in [-0.4, -0.2) is 25.1 Å². The first kappa shape index (κ1) is 17.3. The molecule has 7 nitrogen and oxygen atoms in total. The third kappa shape index (κ3) is 4.70. The number of hydrazine groups is 1. The molecule has 1 aliphatic rings. The molecular formula is C17H20N4O3. The van der Waals surface area contributed by atoms with Crippen molar-refractivity contribution in [2.75, 3.05) is 7.11 Å². The van der Waals surface area contributed by atoms with Gasteiger partial charge in [0.25, 0.3) is 0 Å². The molecule has 1 saturated heterocycles. The number of ether oxygens (including phenoxy) is 1. The summed E-state index contributed by atoms with van der Waals surface area (Å²) in [6.07, 6.45) is 5.58. The van der Waals surface area contributed by atoms with Gasteiger partial charge in [-0.3, -0.25) is 15.0 Å². The van der Waals surface area contributed by atoms with E-state index in [1.54, 1.807) is 13.2 Å². The van der Waals surface area contributed by atoms with Crippen molar-refractivity contribution in [2.24, 2.45) is 11.0 Å². The third-order valence-electron chi connectivity index (χ3n) is 3.51. The summed E-state index contributed by atoms with van der Waals surface area (Å²) in [5.74, 6) is -0.0551. The second kappa shape index (κ2) is 8.52. The summed E-state index contributed by atoms with van der Waals surface area (Å²) in [5, 5.41) is 3.83. The predicted octanol–water partition coefficient (Wildman–Crippen LogP) is 1.35. The minimum atomic E-state index is -0.384. The number of carbonyl (C=O) groups excluding carboxylic acids is 2. The number of para-hydroxylation sites is 1. The Morgan fingerprint density at radius 1 is 1.42 bits per heavy atom. The van der Waals surface area contributed by atoms with E-state index in [1.165, 1.54) is 6.21 Å². The van der Waals surface area contributed by atoms with E-state index in [4.69, 9.17) is 4.74 Å². The Labute approximate surface area is 140 Å². The van der Waals surface area contributed by atoms with Crippen molar-refractivity contribution in [1.82, 2.24) is 16.3 Å². The second-order valence-corrected chi connectivity index (χ2v) is 5.14. The molecule has 0 spiro atoms. The molecule has 3 N–H and O–H groups in total. The lowest BCUT2D eigenvalue weighted by Crippen LogP contribution is -2.26. The summed E-state index contributed by atoms with van der Waals surface area (Å²) in [7, 11) is 1.61. The van der Waals surface area contributed by atoms with Crippen molar-refractivity contribution in [2.45, 2.75) is 12.8 Å². The molecule has 0 aromatic heterocycles. The van der Waals surface area contributed by atoms with Gasteiger partial charge in [-0.05, 0) is 24.6 Å². The molecule has 2 rings (SSSR count). The van der Waals surface area contributed by atoms with Crippen LogP contribution in [0.3, 0.4) is 0 Å². The molecule has 0 radical (unpaired) electrons. The maximum Gasteiger partial charge on any atom is 0.247 e. The van der Waals surface area contributed by atoms with Gasteiger partial charge in [0.05, 0.1) is 13.0 Å². The molecule has 0 aliphatic carbocycles. The van der Waals surface area contributed by atoms with Gasteiger partial charge in [-0.1, -0.05) is 24.8 Å². The van der Waals surface area contributed by atoms with Gasteiger partial charge in [0.1, 0.15) is 5.75 Å². The van der Waals surface area contributed by atoms with Crippen LogP contribution in [0.2, 0.25) is 0 Å². The summed E-state index contributed by atoms with van der Waals surface area (Å²) in [4.78, 5) is 23.2. The minimum Gasteiger partial charge on any atom is -0.496 e. The molecule has 1 atom stereocenters. The molecule has 126 valence electrons. The van der Waals surface area contributed by atoms with Gasteiger partial charge in [0.15, 0.2) is 0 Å². The van der Waals surface area contributed by atoms with E-state index < -0.39 is 0 Å². The number of hydrazone groups is 1. The number of benzene rings is 1. The molecule has 7 heteroatoms.